The summed E-state index contributed by atoms with van der Waals surface area (Å²) in [4.78, 5) is 4.12. The molecule has 0 atom stereocenters. The third-order valence-corrected chi connectivity index (χ3v) is 3.35. The van der Waals surface area contributed by atoms with E-state index in [1.807, 2.05) is 24.3 Å². The Balaban J connectivity index is 2.00. The Morgan fingerprint density at radius 1 is 1.24 bits per heavy atom. The molecule has 0 radical (unpaired) electrons. The summed E-state index contributed by atoms with van der Waals surface area (Å²) in [7, 11) is 1.65. The van der Waals surface area contributed by atoms with Gasteiger partial charge in [-0.1, -0.05) is 23.9 Å². The molecule has 3 nitrogen and oxygen atoms in total. The topological polar surface area (TPSA) is 42.4 Å². The van der Waals surface area contributed by atoms with Gasteiger partial charge in [0.1, 0.15) is 16.5 Å². The largest absolute Gasteiger partial charge is 0.505 e. The summed E-state index contributed by atoms with van der Waals surface area (Å²) in [6, 6.07) is 11.2. The van der Waals surface area contributed by atoms with E-state index in [1.165, 1.54) is 17.3 Å². The predicted molar refractivity (Wildman–Crippen MR) is 68.5 cm³/mol. The van der Waals surface area contributed by atoms with Crippen LogP contribution in [-0.4, -0.2) is 17.2 Å². The molecule has 17 heavy (non-hydrogen) atoms. The monoisotopic (exact) mass is 247 g/mol. The highest BCUT2D eigenvalue weighted by Gasteiger charge is 2.02. The van der Waals surface area contributed by atoms with Crippen molar-refractivity contribution in [2.75, 3.05) is 7.11 Å². The summed E-state index contributed by atoms with van der Waals surface area (Å²) in [5.41, 5.74) is 1.17. The number of aromatic nitrogens is 1. The number of rotatable bonds is 4. The van der Waals surface area contributed by atoms with Crippen molar-refractivity contribution in [3.63, 3.8) is 0 Å². The van der Waals surface area contributed by atoms with Crippen molar-refractivity contribution in [2.45, 2.75) is 10.8 Å². The van der Waals surface area contributed by atoms with Gasteiger partial charge in [-0.3, -0.25) is 0 Å². The van der Waals surface area contributed by atoms with Crippen LogP contribution in [0.4, 0.5) is 0 Å². The lowest BCUT2D eigenvalue weighted by atomic mass is 10.2. The summed E-state index contributed by atoms with van der Waals surface area (Å²) in [6.07, 6.45) is 1.68. The molecular weight excluding hydrogens is 234 g/mol. The van der Waals surface area contributed by atoms with Gasteiger partial charge in [0.2, 0.25) is 0 Å². The minimum atomic E-state index is 0.228. The maximum Gasteiger partial charge on any atom is 0.147 e. The van der Waals surface area contributed by atoms with Crippen LogP contribution in [0.5, 0.6) is 11.5 Å². The fraction of sp³-hybridized carbons (Fsp3) is 0.154. The van der Waals surface area contributed by atoms with Gasteiger partial charge in [-0.05, 0) is 29.8 Å². The summed E-state index contributed by atoms with van der Waals surface area (Å²) >= 11 is 1.51. The fourth-order valence-electron chi connectivity index (χ4n) is 1.37. The highest BCUT2D eigenvalue weighted by atomic mass is 32.2. The minimum absolute atomic E-state index is 0.228. The van der Waals surface area contributed by atoms with Crippen LogP contribution in [0, 0.1) is 0 Å². The van der Waals surface area contributed by atoms with E-state index in [0.29, 0.717) is 5.03 Å². The predicted octanol–water partition coefficient (Wildman–Crippen LogP) is 3.09. The molecule has 1 N–H and O–H groups in total. The average molecular weight is 247 g/mol. The van der Waals surface area contributed by atoms with Crippen LogP contribution in [0.1, 0.15) is 5.56 Å². The highest BCUT2D eigenvalue weighted by molar-refractivity contribution is 7.98. The zero-order chi connectivity index (χ0) is 12.1. The molecule has 0 aliphatic heterocycles. The fourth-order valence-corrected chi connectivity index (χ4v) is 2.21. The molecule has 0 saturated heterocycles. The Labute approximate surface area is 104 Å². The maximum absolute atomic E-state index is 9.57. The van der Waals surface area contributed by atoms with Crippen LogP contribution in [0.25, 0.3) is 0 Å². The molecule has 1 aromatic heterocycles. The van der Waals surface area contributed by atoms with Crippen LogP contribution in [0.2, 0.25) is 0 Å². The van der Waals surface area contributed by atoms with Gasteiger partial charge in [0.15, 0.2) is 0 Å². The number of hydrogen-bond acceptors (Lipinski definition) is 4. The molecule has 0 saturated carbocycles. The quantitative estimate of drug-likeness (QED) is 0.843. The van der Waals surface area contributed by atoms with Gasteiger partial charge in [0, 0.05) is 11.9 Å². The standard InChI is InChI=1S/C13H13NO2S/c1-16-11-6-4-10(5-7-11)9-17-13-12(15)3-2-8-14-13/h2-8,15H,9H2,1H3. The summed E-state index contributed by atoms with van der Waals surface area (Å²) < 4.78 is 5.09. The van der Waals surface area contributed by atoms with Crippen LogP contribution >= 0.6 is 11.8 Å². The zero-order valence-corrected chi connectivity index (χ0v) is 10.3. The second-order valence-electron chi connectivity index (χ2n) is 3.46. The molecule has 0 amide bonds. The van der Waals surface area contributed by atoms with E-state index in [0.717, 1.165) is 11.5 Å². The number of hydrogen-bond donors (Lipinski definition) is 1. The first kappa shape index (κ1) is 11.8. The lowest BCUT2D eigenvalue weighted by molar-refractivity contribution is 0.414. The first-order chi connectivity index (χ1) is 8.29. The van der Waals surface area contributed by atoms with E-state index in [9.17, 15) is 5.11 Å². The first-order valence-electron chi connectivity index (χ1n) is 5.19. The smallest absolute Gasteiger partial charge is 0.147 e. The molecule has 0 aliphatic rings. The lowest BCUT2D eigenvalue weighted by Crippen LogP contribution is -1.85. The van der Waals surface area contributed by atoms with E-state index >= 15 is 0 Å². The van der Waals surface area contributed by atoms with Crippen molar-refractivity contribution in [2.24, 2.45) is 0 Å². The van der Waals surface area contributed by atoms with Crippen molar-refractivity contribution in [3.8, 4) is 11.5 Å². The molecule has 1 heterocycles. The van der Waals surface area contributed by atoms with Crippen LogP contribution < -0.4 is 4.74 Å². The van der Waals surface area contributed by atoms with E-state index in [1.54, 1.807) is 25.4 Å². The number of pyridine rings is 1. The number of aromatic hydroxyl groups is 1. The van der Waals surface area contributed by atoms with E-state index in [2.05, 4.69) is 4.98 Å². The molecule has 88 valence electrons. The Hall–Kier alpha value is -1.68. The van der Waals surface area contributed by atoms with Gasteiger partial charge in [-0.25, -0.2) is 4.98 Å². The average Bonchev–Trinajstić information content (AvgIpc) is 2.38. The first-order valence-corrected chi connectivity index (χ1v) is 6.18. The lowest BCUT2D eigenvalue weighted by Gasteiger charge is -2.04. The third kappa shape index (κ3) is 3.14. The van der Waals surface area contributed by atoms with Crippen molar-refractivity contribution in [1.29, 1.82) is 0 Å². The van der Waals surface area contributed by atoms with Crippen molar-refractivity contribution in [1.82, 2.24) is 4.98 Å². The van der Waals surface area contributed by atoms with Crippen molar-refractivity contribution < 1.29 is 9.84 Å². The molecule has 0 aliphatic carbocycles. The van der Waals surface area contributed by atoms with Crippen molar-refractivity contribution in [3.05, 3.63) is 48.2 Å². The molecule has 0 fully saturated rings. The highest BCUT2D eigenvalue weighted by Crippen LogP contribution is 2.28. The molecule has 0 bridgehead atoms. The summed E-state index contributed by atoms with van der Waals surface area (Å²) in [5, 5.41) is 10.2. The molecule has 2 rings (SSSR count). The molecular formula is C13H13NO2S. The number of benzene rings is 1. The van der Waals surface area contributed by atoms with Gasteiger partial charge in [0.25, 0.3) is 0 Å². The Morgan fingerprint density at radius 2 is 2.00 bits per heavy atom. The van der Waals surface area contributed by atoms with E-state index in [-0.39, 0.29) is 5.75 Å². The minimum Gasteiger partial charge on any atom is -0.505 e. The van der Waals surface area contributed by atoms with Gasteiger partial charge >= 0.3 is 0 Å². The van der Waals surface area contributed by atoms with E-state index in [4.69, 9.17) is 4.74 Å². The number of nitrogens with zero attached hydrogens (tertiary/aromatic N) is 1. The molecule has 2 aromatic rings. The second kappa shape index (κ2) is 5.59. The number of thioether (sulfide) groups is 1. The zero-order valence-electron chi connectivity index (χ0n) is 9.46. The third-order valence-electron chi connectivity index (χ3n) is 2.29. The van der Waals surface area contributed by atoms with Gasteiger partial charge < -0.3 is 9.84 Å². The number of ether oxygens (including phenoxy) is 1. The van der Waals surface area contributed by atoms with Crippen LogP contribution in [0.15, 0.2) is 47.6 Å². The Morgan fingerprint density at radius 3 is 2.65 bits per heavy atom. The summed E-state index contributed by atoms with van der Waals surface area (Å²) in [6.45, 7) is 0. The van der Waals surface area contributed by atoms with E-state index < -0.39 is 0 Å². The molecule has 4 heteroatoms. The maximum atomic E-state index is 9.57. The van der Waals surface area contributed by atoms with Gasteiger partial charge in [0.05, 0.1) is 7.11 Å². The Bertz CT molecular complexity index is 485. The van der Waals surface area contributed by atoms with Crippen LogP contribution in [-0.2, 0) is 5.75 Å². The van der Waals surface area contributed by atoms with Crippen LogP contribution in [0.3, 0.4) is 0 Å². The van der Waals surface area contributed by atoms with Gasteiger partial charge in [-0.15, -0.1) is 0 Å². The second-order valence-corrected chi connectivity index (χ2v) is 4.43. The SMILES string of the molecule is COc1ccc(CSc2ncccc2O)cc1. The van der Waals surface area contributed by atoms with Gasteiger partial charge in [-0.2, -0.15) is 0 Å². The Kier molecular flexibility index (Phi) is 3.88. The normalized spacial score (nSPS) is 10.2. The summed E-state index contributed by atoms with van der Waals surface area (Å²) in [5.74, 6) is 1.85. The molecule has 0 spiro atoms. The molecule has 0 unspecified atom stereocenters. The molecule has 1 aromatic carbocycles. The van der Waals surface area contributed by atoms with Crippen molar-refractivity contribution >= 4 is 11.8 Å². The number of methoxy groups -OCH3 is 1.